The normalized spacial score (nSPS) is 15.2. The lowest BCUT2D eigenvalue weighted by Gasteiger charge is -2.24. The number of rotatable bonds is 6. The van der Waals surface area contributed by atoms with E-state index in [-0.39, 0.29) is 5.56 Å². The summed E-state index contributed by atoms with van der Waals surface area (Å²) in [6, 6.07) is 29.2. The van der Waals surface area contributed by atoms with Gasteiger partial charge in [-0.1, -0.05) is 90.6 Å². The van der Waals surface area contributed by atoms with Gasteiger partial charge in [-0.15, -0.1) is 11.3 Å². The van der Waals surface area contributed by atoms with Crippen molar-refractivity contribution in [2.24, 2.45) is 0 Å². The van der Waals surface area contributed by atoms with Crippen LogP contribution in [-0.2, 0) is 25.3 Å². The molecule has 1 N–H and O–H groups in total. The zero-order chi connectivity index (χ0) is 24.5. The van der Waals surface area contributed by atoms with Crippen LogP contribution < -0.4 is 10.5 Å². The highest BCUT2D eigenvalue weighted by Crippen LogP contribution is 2.33. The molecule has 0 saturated heterocycles. The minimum atomic E-state index is 0.0638. The molecular formula is C30H28N3OS2+. The molecule has 0 spiro atoms. The maximum Gasteiger partial charge on any atom is 0.267 e. The first-order valence-corrected chi connectivity index (χ1v) is 14.1. The van der Waals surface area contributed by atoms with Crippen molar-refractivity contribution in [1.82, 2.24) is 9.55 Å². The Bertz CT molecular complexity index is 1580. The van der Waals surface area contributed by atoms with Crippen LogP contribution in [0.25, 0.3) is 15.9 Å². The number of aryl methyl sites for hydroxylation is 1. The van der Waals surface area contributed by atoms with Gasteiger partial charge in [0.25, 0.3) is 5.56 Å². The molecule has 1 atom stereocenters. The van der Waals surface area contributed by atoms with Gasteiger partial charge in [0.1, 0.15) is 17.9 Å². The molecule has 2 aromatic heterocycles. The Kier molecular flexibility index (Phi) is 6.48. The standard InChI is InChI=1S/C30H27N3OS2/c1-21-10-8-9-15-25(21)33-29(34)27-24-16-17-32(18-22-11-4-2-5-12-22)19-26(24)36-28(27)31-30(33)35-20-23-13-6-3-7-14-23/h2-15H,16-20H2,1H3/p+1. The monoisotopic (exact) mass is 510 g/mol. The van der Waals surface area contributed by atoms with Crippen LogP contribution in [0.3, 0.4) is 0 Å². The molecule has 6 rings (SSSR count). The number of thiophene rings is 1. The van der Waals surface area contributed by atoms with Gasteiger partial charge in [-0.25, -0.2) is 4.98 Å². The molecule has 0 fully saturated rings. The van der Waals surface area contributed by atoms with Crippen molar-refractivity contribution in [3.63, 3.8) is 0 Å². The summed E-state index contributed by atoms with van der Waals surface area (Å²) in [5.41, 5.74) is 5.85. The molecule has 1 unspecified atom stereocenters. The number of hydrogen-bond donors (Lipinski definition) is 1. The fraction of sp³-hybridized carbons (Fsp3) is 0.200. The quantitative estimate of drug-likeness (QED) is 0.252. The number of fused-ring (bicyclic) bond motifs is 3. The topological polar surface area (TPSA) is 39.3 Å². The lowest BCUT2D eigenvalue weighted by atomic mass is 10.0. The van der Waals surface area contributed by atoms with E-state index in [1.807, 2.05) is 28.8 Å². The minimum Gasteiger partial charge on any atom is -0.326 e. The predicted molar refractivity (Wildman–Crippen MR) is 149 cm³/mol. The molecule has 3 heterocycles. The number of hydrogen-bond acceptors (Lipinski definition) is 4. The van der Waals surface area contributed by atoms with Gasteiger partial charge in [-0.3, -0.25) is 9.36 Å². The lowest BCUT2D eigenvalue weighted by Crippen LogP contribution is -3.10. The van der Waals surface area contributed by atoms with Crippen LogP contribution in [0, 0.1) is 6.92 Å². The van der Waals surface area contributed by atoms with Crippen LogP contribution in [0.4, 0.5) is 0 Å². The molecule has 4 nitrogen and oxygen atoms in total. The molecule has 1 aliphatic rings. The SMILES string of the molecule is Cc1ccccc1-n1c(SCc2ccccc2)nc2sc3c(c2c1=O)CC[NH+](Cc1ccccc1)C3. The van der Waals surface area contributed by atoms with Crippen molar-refractivity contribution in [2.75, 3.05) is 6.54 Å². The van der Waals surface area contributed by atoms with Crippen molar-refractivity contribution in [3.05, 3.63) is 122 Å². The molecule has 0 saturated carbocycles. The first kappa shape index (κ1) is 23.2. The van der Waals surface area contributed by atoms with Gasteiger partial charge in [-0.2, -0.15) is 0 Å². The van der Waals surface area contributed by atoms with Crippen LogP contribution >= 0.6 is 23.1 Å². The average Bonchev–Trinajstić information content (AvgIpc) is 3.27. The highest BCUT2D eigenvalue weighted by Gasteiger charge is 2.28. The fourth-order valence-electron chi connectivity index (χ4n) is 5.04. The summed E-state index contributed by atoms with van der Waals surface area (Å²) in [5, 5.41) is 1.58. The Labute approximate surface area is 219 Å². The Hall–Kier alpha value is -3.19. The van der Waals surface area contributed by atoms with E-state index in [1.165, 1.54) is 26.5 Å². The van der Waals surface area contributed by atoms with Gasteiger partial charge in [0.2, 0.25) is 0 Å². The summed E-state index contributed by atoms with van der Waals surface area (Å²) in [6.07, 6.45) is 0.915. The highest BCUT2D eigenvalue weighted by atomic mass is 32.2. The van der Waals surface area contributed by atoms with E-state index in [4.69, 9.17) is 4.98 Å². The van der Waals surface area contributed by atoms with Crippen molar-refractivity contribution >= 4 is 33.3 Å². The van der Waals surface area contributed by atoms with Gasteiger partial charge in [0, 0.05) is 17.7 Å². The van der Waals surface area contributed by atoms with E-state index < -0.39 is 0 Å². The molecule has 180 valence electrons. The minimum absolute atomic E-state index is 0.0638. The summed E-state index contributed by atoms with van der Waals surface area (Å²) in [5.74, 6) is 0.769. The molecule has 0 aliphatic carbocycles. The molecule has 0 bridgehead atoms. The highest BCUT2D eigenvalue weighted by molar-refractivity contribution is 7.98. The zero-order valence-corrected chi connectivity index (χ0v) is 21.9. The first-order chi connectivity index (χ1) is 17.7. The van der Waals surface area contributed by atoms with E-state index in [0.717, 1.165) is 58.4 Å². The number of aromatic nitrogens is 2. The smallest absolute Gasteiger partial charge is 0.267 e. The Balaban J connectivity index is 1.42. The number of nitrogens with zero attached hydrogens (tertiary/aromatic N) is 2. The Morgan fingerprint density at radius 3 is 2.39 bits per heavy atom. The first-order valence-electron chi connectivity index (χ1n) is 12.3. The van der Waals surface area contributed by atoms with Crippen molar-refractivity contribution in [2.45, 2.75) is 37.3 Å². The van der Waals surface area contributed by atoms with E-state index in [9.17, 15) is 4.79 Å². The van der Waals surface area contributed by atoms with Gasteiger partial charge in [0.05, 0.1) is 22.5 Å². The van der Waals surface area contributed by atoms with Crippen molar-refractivity contribution in [1.29, 1.82) is 0 Å². The average molecular weight is 511 g/mol. The lowest BCUT2D eigenvalue weighted by molar-refractivity contribution is -0.929. The Morgan fingerprint density at radius 1 is 0.944 bits per heavy atom. The van der Waals surface area contributed by atoms with Crippen LogP contribution in [-0.4, -0.2) is 16.1 Å². The second-order valence-corrected chi connectivity index (χ2v) is 11.4. The summed E-state index contributed by atoms with van der Waals surface area (Å²) in [7, 11) is 0. The molecule has 5 aromatic rings. The predicted octanol–water partition coefficient (Wildman–Crippen LogP) is 5.19. The second-order valence-electron chi connectivity index (χ2n) is 9.37. The summed E-state index contributed by atoms with van der Waals surface area (Å²) in [6.45, 7) is 5.04. The third-order valence-electron chi connectivity index (χ3n) is 6.88. The second kappa shape index (κ2) is 10.1. The summed E-state index contributed by atoms with van der Waals surface area (Å²) < 4.78 is 1.85. The maximum absolute atomic E-state index is 14.1. The third kappa shape index (κ3) is 4.52. The molecular weight excluding hydrogens is 482 g/mol. The summed E-state index contributed by atoms with van der Waals surface area (Å²) >= 11 is 3.35. The molecule has 1 aliphatic heterocycles. The molecule has 0 amide bonds. The molecule has 6 heteroatoms. The Morgan fingerprint density at radius 2 is 1.64 bits per heavy atom. The number of nitrogens with one attached hydrogen (secondary N) is 1. The number of thioether (sulfide) groups is 1. The fourth-order valence-corrected chi connectivity index (χ4v) is 7.33. The van der Waals surface area contributed by atoms with E-state index in [1.54, 1.807) is 23.1 Å². The van der Waals surface area contributed by atoms with Gasteiger partial charge in [-0.05, 0) is 29.7 Å². The molecule has 0 radical (unpaired) electrons. The van der Waals surface area contributed by atoms with Crippen LogP contribution in [0.5, 0.6) is 0 Å². The number of para-hydroxylation sites is 1. The van der Waals surface area contributed by atoms with Crippen LogP contribution in [0.1, 0.15) is 27.1 Å². The molecule has 36 heavy (non-hydrogen) atoms. The van der Waals surface area contributed by atoms with Crippen LogP contribution in [0.2, 0.25) is 0 Å². The molecule has 3 aromatic carbocycles. The van der Waals surface area contributed by atoms with Gasteiger partial charge >= 0.3 is 0 Å². The van der Waals surface area contributed by atoms with Gasteiger partial charge in [0.15, 0.2) is 5.16 Å². The van der Waals surface area contributed by atoms with Gasteiger partial charge < -0.3 is 4.90 Å². The third-order valence-corrected chi connectivity index (χ3v) is 9.02. The van der Waals surface area contributed by atoms with Crippen LogP contribution in [0.15, 0.2) is 94.9 Å². The number of benzene rings is 3. The van der Waals surface area contributed by atoms with E-state index >= 15 is 0 Å². The van der Waals surface area contributed by atoms with Crippen molar-refractivity contribution < 1.29 is 4.90 Å². The van der Waals surface area contributed by atoms with E-state index in [0.29, 0.717) is 0 Å². The van der Waals surface area contributed by atoms with E-state index in [2.05, 4.69) is 67.6 Å². The maximum atomic E-state index is 14.1. The van der Waals surface area contributed by atoms with Crippen molar-refractivity contribution in [3.8, 4) is 5.69 Å². The largest absolute Gasteiger partial charge is 0.326 e. The summed E-state index contributed by atoms with van der Waals surface area (Å²) in [4.78, 5) is 23.0. The number of quaternary nitrogens is 1. The zero-order valence-electron chi connectivity index (χ0n) is 20.2.